The maximum absolute atomic E-state index is 14.2. The van der Waals surface area contributed by atoms with E-state index in [1.165, 1.54) is 24.3 Å². The average Bonchev–Trinajstić information content (AvgIpc) is 3.45. The molecule has 2 unspecified atom stereocenters. The molecule has 1 spiro atoms. The summed E-state index contributed by atoms with van der Waals surface area (Å²) in [6.45, 7) is 0.171. The van der Waals surface area contributed by atoms with E-state index >= 15 is 0 Å². The minimum Gasteiger partial charge on any atom is -0.478 e. The maximum atomic E-state index is 14.2. The number of nitrogens with zero attached hydrogens (tertiary/aromatic N) is 1. The molecule has 1 aliphatic heterocycles. The van der Waals surface area contributed by atoms with Gasteiger partial charge in [0.05, 0.1) is 22.5 Å². The van der Waals surface area contributed by atoms with Crippen molar-refractivity contribution >= 4 is 40.8 Å². The summed E-state index contributed by atoms with van der Waals surface area (Å²) in [6.07, 6.45) is 0.585. The van der Waals surface area contributed by atoms with Crippen molar-refractivity contribution in [3.63, 3.8) is 0 Å². The molecule has 3 aromatic rings. The molecule has 2 aliphatic rings. The first kappa shape index (κ1) is 20.0. The number of fused-ring (bicyclic) bond motifs is 2. The van der Waals surface area contributed by atoms with E-state index in [4.69, 9.17) is 23.2 Å². The van der Waals surface area contributed by atoms with Crippen molar-refractivity contribution in [3.8, 4) is 0 Å². The van der Waals surface area contributed by atoms with E-state index in [1.807, 2.05) is 12.1 Å². The number of hydrogen-bond acceptors (Lipinski definition) is 2. The number of halogens is 3. The highest BCUT2D eigenvalue weighted by molar-refractivity contribution is 6.33. The van der Waals surface area contributed by atoms with Crippen molar-refractivity contribution in [3.05, 3.63) is 98.8 Å². The Labute approximate surface area is 187 Å². The smallest absolute Gasteiger partial charge is 0.337 e. The molecule has 1 amide bonds. The Hall–Kier alpha value is -2.89. The number of hydrogen-bond donors (Lipinski definition) is 1. The van der Waals surface area contributed by atoms with Crippen LogP contribution in [0.25, 0.3) is 0 Å². The highest BCUT2D eigenvalue weighted by Gasteiger charge is 2.67. The summed E-state index contributed by atoms with van der Waals surface area (Å²) in [5, 5.41) is 10.1. The zero-order valence-electron chi connectivity index (χ0n) is 16.1. The minimum absolute atomic E-state index is 0.0229. The molecule has 1 aliphatic carbocycles. The fourth-order valence-corrected chi connectivity index (χ4v) is 4.96. The van der Waals surface area contributed by atoms with Gasteiger partial charge < -0.3 is 10.0 Å². The van der Waals surface area contributed by atoms with Crippen molar-refractivity contribution in [2.75, 3.05) is 4.90 Å². The number of anilines is 1. The lowest BCUT2D eigenvalue weighted by Crippen LogP contribution is -2.32. The Bertz CT molecular complexity index is 1240. The molecule has 0 radical (unpaired) electrons. The lowest BCUT2D eigenvalue weighted by Gasteiger charge is -2.19. The SMILES string of the molecule is O=C(O)c1cc(CN2C(=O)C3(CC3c3ccc(Cl)cc3)c3cc(F)ccc32)ccc1Cl. The van der Waals surface area contributed by atoms with E-state index in [-0.39, 0.29) is 29.0 Å². The number of rotatable bonds is 4. The normalized spacial score (nSPS) is 21.5. The Morgan fingerprint density at radius 3 is 2.55 bits per heavy atom. The molecule has 0 saturated heterocycles. The van der Waals surface area contributed by atoms with Crippen LogP contribution in [0.3, 0.4) is 0 Å². The topological polar surface area (TPSA) is 57.6 Å². The highest BCUT2D eigenvalue weighted by atomic mass is 35.5. The lowest BCUT2D eigenvalue weighted by atomic mass is 9.92. The number of carboxylic acids is 1. The van der Waals surface area contributed by atoms with E-state index in [0.717, 1.165) is 5.56 Å². The fraction of sp³-hybridized carbons (Fsp3) is 0.167. The van der Waals surface area contributed by atoms with Crippen LogP contribution >= 0.6 is 23.2 Å². The molecule has 5 rings (SSSR count). The van der Waals surface area contributed by atoms with Crippen LogP contribution in [-0.2, 0) is 16.8 Å². The van der Waals surface area contributed by atoms with E-state index in [9.17, 15) is 19.1 Å². The van der Waals surface area contributed by atoms with Crippen LogP contribution in [0.15, 0.2) is 60.7 Å². The van der Waals surface area contributed by atoms with Gasteiger partial charge in [-0.15, -0.1) is 0 Å². The second-order valence-electron chi connectivity index (χ2n) is 7.95. The number of carbonyl (C=O) groups is 2. The first-order valence-corrected chi connectivity index (χ1v) is 10.5. The molecule has 7 heteroatoms. The number of carboxylic acid groups (broad SMARTS) is 1. The Morgan fingerprint density at radius 2 is 1.84 bits per heavy atom. The van der Waals surface area contributed by atoms with E-state index in [0.29, 0.717) is 28.3 Å². The molecule has 1 saturated carbocycles. The molecule has 1 heterocycles. The van der Waals surface area contributed by atoms with Crippen LogP contribution in [0.4, 0.5) is 10.1 Å². The fourth-order valence-electron chi connectivity index (χ4n) is 4.64. The summed E-state index contributed by atoms with van der Waals surface area (Å²) in [5.74, 6) is -1.71. The van der Waals surface area contributed by atoms with Gasteiger partial charge in [-0.2, -0.15) is 0 Å². The van der Waals surface area contributed by atoms with Crippen LogP contribution < -0.4 is 4.90 Å². The molecule has 2 atom stereocenters. The predicted molar refractivity (Wildman–Crippen MR) is 116 cm³/mol. The Balaban J connectivity index is 1.54. The summed E-state index contributed by atoms with van der Waals surface area (Å²) in [5.41, 5.74) is 2.10. The van der Waals surface area contributed by atoms with Crippen molar-refractivity contribution in [2.45, 2.75) is 24.3 Å². The summed E-state index contributed by atoms with van der Waals surface area (Å²) < 4.78 is 14.2. The van der Waals surface area contributed by atoms with Gasteiger partial charge in [0.25, 0.3) is 0 Å². The summed E-state index contributed by atoms with van der Waals surface area (Å²) >= 11 is 12.0. The first-order valence-electron chi connectivity index (χ1n) is 9.70. The molecule has 4 nitrogen and oxygen atoms in total. The van der Waals surface area contributed by atoms with Crippen LogP contribution in [0.1, 0.15) is 39.4 Å². The number of carbonyl (C=O) groups excluding carboxylic acids is 1. The van der Waals surface area contributed by atoms with Crippen LogP contribution in [-0.4, -0.2) is 17.0 Å². The largest absolute Gasteiger partial charge is 0.478 e. The van der Waals surface area contributed by atoms with E-state index < -0.39 is 17.2 Å². The highest BCUT2D eigenvalue weighted by Crippen LogP contribution is 2.66. The summed E-state index contributed by atoms with van der Waals surface area (Å²) in [6, 6.07) is 16.4. The van der Waals surface area contributed by atoms with Crippen LogP contribution in [0, 0.1) is 5.82 Å². The van der Waals surface area contributed by atoms with Gasteiger partial charge in [0.1, 0.15) is 5.82 Å². The Kier molecular flexibility index (Phi) is 4.57. The van der Waals surface area contributed by atoms with E-state index in [2.05, 4.69) is 0 Å². The maximum Gasteiger partial charge on any atom is 0.337 e. The zero-order valence-corrected chi connectivity index (χ0v) is 17.6. The van der Waals surface area contributed by atoms with Crippen molar-refractivity contribution in [1.29, 1.82) is 0 Å². The molecule has 3 aromatic carbocycles. The van der Waals surface area contributed by atoms with Crippen LogP contribution in [0.5, 0.6) is 0 Å². The van der Waals surface area contributed by atoms with Gasteiger partial charge in [0, 0.05) is 16.6 Å². The minimum atomic E-state index is -1.14. The standard InChI is InChI=1S/C24H16Cl2FNO3/c25-15-4-2-14(3-5-15)19-11-24(19)18-10-16(27)6-8-21(18)28(23(24)31)12-13-1-7-20(26)17(9-13)22(29)30/h1-10,19H,11-12H2,(H,29,30). The molecular weight excluding hydrogens is 440 g/mol. The molecule has 156 valence electrons. The Morgan fingerprint density at radius 1 is 1.10 bits per heavy atom. The average molecular weight is 456 g/mol. The van der Waals surface area contributed by atoms with Crippen molar-refractivity contribution in [2.24, 2.45) is 0 Å². The molecule has 1 N–H and O–H groups in total. The number of amides is 1. The zero-order chi connectivity index (χ0) is 21.9. The summed E-state index contributed by atoms with van der Waals surface area (Å²) in [7, 11) is 0. The molecule has 0 bridgehead atoms. The third kappa shape index (κ3) is 3.11. The number of benzene rings is 3. The molecule has 0 aromatic heterocycles. The second kappa shape index (κ2) is 7.08. The predicted octanol–water partition coefficient (Wildman–Crippen LogP) is 5.80. The van der Waals surface area contributed by atoms with Gasteiger partial charge in [-0.05, 0) is 65.6 Å². The summed E-state index contributed by atoms with van der Waals surface area (Å²) in [4.78, 5) is 26.7. The monoisotopic (exact) mass is 455 g/mol. The van der Waals surface area contributed by atoms with Crippen molar-refractivity contribution < 1.29 is 19.1 Å². The lowest BCUT2D eigenvalue weighted by molar-refractivity contribution is -0.120. The van der Waals surface area contributed by atoms with Gasteiger partial charge in [0.15, 0.2) is 0 Å². The number of aromatic carboxylic acids is 1. The van der Waals surface area contributed by atoms with Gasteiger partial charge in [-0.25, -0.2) is 9.18 Å². The third-order valence-corrected chi connectivity index (χ3v) is 6.77. The third-order valence-electron chi connectivity index (χ3n) is 6.19. The molecule has 31 heavy (non-hydrogen) atoms. The van der Waals surface area contributed by atoms with E-state index in [1.54, 1.807) is 29.2 Å². The first-order chi connectivity index (χ1) is 14.8. The van der Waals surface area contributed by atoms with Gasteiger partial charge >= 0.3 is 5.97 Å². The van der Waals surface area contributed by atoms with Gasteiger partial charge in [-0.1, -0.05) is 41.4 Å². The molecular formula is C24H16Cl2FNO3. The van der Waals surface area contributed by atoms with Crippen molar-refractivity contribution in [1.82, 2.24) is 0 Å². The second-order valence-corrected chi connectivity index (χ2v) is 8.80. The molecule has 1 fully saturated rings. The quantitative estimate of drug-likeness (QED) is 0.540. The van der Waals surface area contributed by atoms with Gasteiger partial charge in [0.2, 0.25) is 5.91 Å². The van der Waals surface area contributed by atoms with Crippen LogP contribution in [0.2, 0.25) is 10.0 Å². The van der Waals surface area contributed by atoms with Gasteiger partial charge in [-0.3, -0.25) is 4.79 Å².